The molecule has 0 bridgehead atoms. The fraction of sp³-hybridized carbons (Fsp3) is 0.182. The van der Waals surface area contributed by atoms with Crippen molar-refractivity contribution >= 4 is 23.2 Å². The van der Waals surface area contributed by atoms with Gasteiger partial charge in [-0.25, -0.2) is 0 Å². The SMILES string of the molecule is C#CCn1nnc(Cc2c(Cl)cccc2Cl)n1. The number of rotatable bonds is 3. The van der Waals surface area contributed by atoms with Gasteiger partial charge in [0.1, 0.15) is 6.54 Å². The summed E-state index contributed by atoms with van der Waals surface area (Å²) in [5.41, 5.74) is 0.788. The number of hydrogen-bond donors (Lipinski definition) is 0. The third-order valence-electron chi connectivity index (χ3n) is 2.12. The van der Waals surface area contributed by atoms with Crippen LogP contribution in [0.15, 0.2) is 18.2 Å². The molecule has 0 N–H and O–H groups in total. The molecule has 0 aliphatic rings. The quantitative estimate of drug-likeness (QED) is 0.801. The van der Waals surface area contributed by atoms with Crippen LogP contribution in [0.5, 0.6) is 0 Å². The Hall–Kier alpha value is -1.57. The minimum absolute atomic E-state index is 0.295. The monoisotopic (exact) mass is 266 g/mol. The molecule has 1 aromatic carbocycles. The summed E-state index contributed by atoms with van der Waals surface area (Å²) in [4.78, 5) is 1.35. The van der Waals surface area contributed by atoms with Crippen molar-refractivity contribution in [3.8, 4) is 12.3 Å². The van der Waals surface area contributed by atoms with E-state index in [4.69, 9.17) is 29.6 Å². The van der Waals surface area contributed by atoms with Gasteiger partial charge < -0.3 is 0 Å². The van der Waals surface area contributed by atoms with Crippen LogP contribution in [0.3, 0.4) is 0 Å². The number of terminal acetylenes is 1. The summed E-state index contributed by atoms with van der Waals surface area (Å²) in [6.07, 6.45) is 5.58. The number of benzene rings is 1. The molecule has 0 spiro atoms. The molecule has 0 unspecified atom stereocenters. The second-order valence-corrected chi connectivity index (χ2v) is 4.13. The van der Waals surface area contributed by atoms with Crippen LogP contribution in [0.4, 0.5) is 0 Å². The Kier molecular flexibility index (Phi) is 3.62. The molecule has 1 heterocycles. The first-order valence-corrected chi connectivity index (χ1v) is 5.59. The van der Waals surface area contributed by atoms with Gasteiger partial charge in [-0.2, -0.15) is 4.80 Å². The van der Waals surface area contributed by atoms with Crippen LogP contribution in [-0.2, 0) is 13.0 Å². The van der Waals surface area contributed by atoms with E-state index in [1.165, 1.54) is 4.80 Å². The highest BCUT2D eigenvalue weighted by molar-refractivity contribution is 6.36. The van der Waals surface area contributed by atoms with Crippen molar-refractivity contribution in [1.29, 1.82) is 0 Å². The highest BCUT2D eigenvalue weighted by Gasteiger charge is 2.10. The fourth-order valence-electron chi connectivity index (χ4n) is 1.36. The largest absolute Gasteiger partial charge is 0.179 e. The van der Waals surface area contributed by atoms with Crippen molar-refractivity contribution in [2.24, 2.45) is 0 Å². The van der Waals surface area contributed by atoms with Crippen LogP contribution >= 0.6 is 23.2 Å². The van der Waals surface area contributed by atoms with Crippen LogP contribution in [-0.4, -0.2) is 20.2 Å². The van der Waals surface area contributed by atoms with E-state index in [-0.39, 0.29) is 0 Å². The lowest BCUT2D eigenvalue weighted by Gasteiger charge is -2.03. The van der Waals surface area contributed by atoms with Gasteiger partial charge in [-0.15, -0.1) is 16.6 Å². The van der Waals surface area contributed by atoms with Crippen LogP contribution in [0.1, 0.15) is 11.4 Å². The second kappa shape index (κ2) is 5.17. The van der Waals surface area contributed by atoms with Gasteiger partial charge >= 0.3 is 0 Å². The van der Waals surface area contributed by atoms with Crippen molar-refractivity contribution in [2.45, 2.75) is 13.0 Å². The highest BCUT2D eigenvalue weighted by atomic mass is 35.5. The minimum Gasteiger partial charge on any atom is -0.152 e. The number of aromatic nitrogens is 4. The fourth-order valence-corrected chi connectivity index (χ4v) is 1.89. The zero-order valence-corrected chi connectivity index (χ0v) is 10.3. The Labute approximate surface area is 109 Å². The predicted octanol–water partition coefficient (Wildman–Crippen LogP) is 2.20. The van der Waals surface area contributed by atoms with Gasteiger partial charge in [0.2, 0.25) is 0 Å². The molecule has 0 fully saturated rings. The maximum absolute atomic E-state index is 6.05. The van der Waals surface area contributed by atoms with E-state index >= 15 is 0 Å². The average molecular weight is 267 g/mol. The molecule has 0 aliphatic heterocycles. The second-order valence-electron chi connectivity index (χ2n) is 3.32. The van der Waals surface area contributed by atoms with Crippen molar-refractivity contribution in [2.75, 3.05) is 0 Å². The van der Waals surface area contributed by atoms with Gasteiger partial charge in [-0.1, -0.05) is 35.2 Å². The third kappa shape index (κ3) is 2.76. The molecular formula is C11H8Cl2N4. The maximum atomic E-state index is 6.05. The molecule has 0 radical (unpaired) electrons. The van der Waals surface area contributed by atoms with Gasteiger partial charge in [-0.05, 0) is 22.9 Å². The van der Waals surface area contributed by atoms with Crippen molar-refractivity contribution in [1.82, 2.24) is 20.2 Å². The number of tetrazole rings is 1. The number of nitrogens with zero attached hydrogens (tertiary/aromatic N) is 4. The van der Waals surface area contributed by atoms with E-state index in [0.29, 0.717) is 28.8 Å². The van der Waals surface area contributed by atoms with Crippen LogP contribution in [0.2, 0.25) is 10.0 Å². The molecule has 86 valence electrons. The highest BCUT2D eigenvalue weighted by Crippen LogP contribution is 2.25. The lowest BCUT2D eigenvalue weighted by molar-refractivity contribution is 0.590. The molecule has 0 saturated carbocycles. The first-order chi connectivity index (χ1) is 8.20. The lowest BCUT2D eigenvalue weighted by Crippen LogP contribution is -2.01. The summed E-state index contributed by atoms with van der Waals surface area (Å²) in [6.45, 7) is 0.295. The molecule has 0 atom stereocenters. The molecule has 0 amide bonds. The van der Waals surface area contributed by atoms with Gasteiger partial charge in [0.05, 0.1) is 0 Å². The first-order valence-electron chi connectivity index (χ1n) is 4.83. The van der Waals surface area contributed by atoms with Gasteiger partial charge in [0.25, 0.3) is 0 Å². The average Bonchev–Trinajstić information content (AvgIpc) is 2.72. The third-order valence-corrected chi connectivity index (χ3v) is 2.83. The molecule has 6 heteroatoms. The molecule has 0 saturated heterocycles. The van der Waals surface area contributed by atoms with Crippen LogP contribution in [0, 0.1) is 12.3 Å². The molecule has 0 aliphatic carbocycles. The smallest absolute Gasteiger partial charge is 0.152 e. The van der Waals surface area contributed by atoms with Crippen molar-refractivity contribution < 1.29 is 0 Å². The predicted molar refractivity (Wildman–Crippen MR) is 65.9 cm³/mol. The molecule has 2 rings (SSSR count). The first kappa shape index (κ1) is 11.9. The minimum atomic E-state index is 0.295. The zero-order chi connectivity index (χ0) is 12.3. The zero-order valence-electron chi connectivity index (χ0n) is 8.77. The van der Waals surface area contributed by atoms with Gasteiger partial charge in [-0.3, -0.25) is 0 Å². The Bertz CT molecular complexity index is 551. The summed E-state index contributed by atoms with van der Waals surface area (Å²) < 4.78 is 0. The van der Waals surface area contributed by atoms with E-state index in [1.807, 2.05) is 0 Å². The van der Waals surface area contributed by atoms with Crippen LogP contribution in [0.25, 0.3) is 0 Å². The number of halogens is 2. The topological polar surface area (TPSA) is 43.6 Å². The Morgan fingerprint density at radius 2 is 2.00 bits per heavy atom. The van der Waals surface area contributed by atoms with E-state index in [0.717, 1.165) is 5.56 Å². The Morgan fingerprint density at radius 3 is 2.65 bits per heavy atom. The van der Waals surface area contributed by atoms with E-state index < -0.39 is 0 Å². The molecule has 2 aromatic rings. The molecule has 1 aromatic heterocycles. The lowest BCUT2D eigenvalue weighted by atomic mass is 10.1. The Balaban J connectivity index is 2.23. The summed E-state index contributed by atoms with van der Waals surface area (Å²) >= 11 is 12.1. The van der Waals surface area contributed by atoms with Gasteiger partial charge in [0.15, 0.2) is 5.82 Å². The van der Waals surface area contributed by atoms with E-state index in [9.17, 15) is 0 Å². The summed E-state index contributed by atoms with van der Waals surface area (Å²) in [6, 6.07) is 5.33. The Morgan fingerprint density at radius 1 is 1.29 bits per heavy atom. The van der Waals surface area contributed by atoms with Gasteiger partial charge in [0, 0.05) is 16.5 Å². The maximum Gasteiger partial charge on any atom is 0.179 e. The van der Waals surface area contributed by atoms with E-state index in [1.54, 1.807) is 18.2 Å². The van der Waals surface area contributed by atoms with Crippen molar-refractivity contribution in [3.05, 3.63) is 39.6 Å². The molecular weight excluding hydrogens is 259 g/mol. The summed E-state index contributed by atoms with van der Waals surface area (Å²) in [7, 11) is 0. The summed E-state index contributed by atoms with van der Waals surface area (Å²) in [5.74, 6) is 2.97. The van der Waals surface area contributed by atoms with Crippen molar-refractivity contribution in [3.63, 3.8) is 0 Å². The number of hydrogen-bond acceptors (Lipinski definition) is 3. The van der Waals surface area contributed by atoms with E-state index in [2.05, 4.69) is 21.3 Å². The molecule has 4 nitrogen and oxygen atoms in total. The summed E-state index contributed by atoms with van der Waals surface area (Å²) in [5, 5.41) is 13.0. The normalized spacial score (nSPS) is 10.2. The van der Waals surface area contributed by atoms with Crippen LogP contribution < -0.4 is 0 Å². The molecule has 17 heavy (non-hydrogen) atoms. The standard InChI is InChI=1S/C11H8Cl2N4/c1-2-6-17-15-11(14-16-17)7-8-9(12)4-3-5-10(8)13/h1,3-5H,6-7H2.